The average Bonchev–Trinajstić information content (AvgIpc) is 2.55. The van der Waals surface area contributed by atoms with Crippen LogP contribution in [0.1, 0.15) is 12.5 Å². The van der Waals surface area contributed by atoms with Gasteiger partial charge >= 0.3 is 0 Å². The Bertz CT molecular complexity index is 865. The summed E-state index contributed by atoms with van der Waals surface area (Å²) in [5.74, 6) is 0.425. The minimum atomic E-state index is -3.97. The molecular weight excluding hydrogens is 332 g/mol. The Morgan fingerprint density at radius 2 is 1.88 bits per heavy atom. The number of para-hydroxylation sites is 2. The second-order valence-electron chi connectivity index (χ2n) is 5.08. The summed E-state index contributed by atoms with van der Waals surface area (Å²) in [6.07, 6.45) is 0. The molecule has 0 bridgehead atoms. The van der Waals surface area contributed by atoms with E-state index < -0.39 is 14.9 Å². The molecule has 0 heterocycles. The standard InChI is InChI=1S/C16H18N2O5S/c1-4-23-15-8-6-5-7-14(15)17(3)24(21,22)16-11-13(18(19)20)10-9-12(16)2/h5-11H,4H2,1-3H3. The molecular formula is C16H18N2O5S. The predicted molar refractivity (Wildman–Crippen MR) is 91.0 cm³/mol. The molecule has 0 fully saturated rings. The topological polar surface area (TPSA) is 89.8 Å². The van der Waals surface area contributed by atoms with E-state index in [1.807, 2.05) is 0 Å². The SMILES string of the molecule is CCOc1ccccc1N(C)S(=O)(=O)c1cc([N+](=O)[O-])ccc1C. The van der Waals surface area contributed by atoms with Gasteiger partial charge in [-0.1, -0.05) is 18.2 Å². The summed E-state index contributed by atoms with van der Waals surface area (Å²) in [6.45, 7) is 3.79. The van der Waals surface area contributed by atoms with E-state index in [9.17, 15) is 18.5 Å². The van der Waals surface area contributed by atoms with Crippen LogP contribution >= 0.6 is 0 Å². The van der Waals surface area contributed by atoms with E-state index in [0.29, 0.717) is 23.6 Å². The van der Waals surface area contributed by atoms with Crippen LogP contribution in [-0.4, -0.2) is 27.0 Å². The van der Waals surface area contributed by atoms with Crippen LogP contribution in [0.15, 0.2) is 47.4 Å². The van der Waals surface area contributed by atoms with Crippen molar-refractivity contribution < 1.29 is 18.1 Å². The first-order valence-corrected chi connectivity index (χ1v) is 8.68. The first-order valence-electron chi connectivity index (χ1n) is 7.24. The number of hydrogen-bond donors (Lipinski definition) is 0. The summed E-state index contributed by atoms with van der Waals surface area (Å²) < 4.78 is 32.4. The van der Waals surface area contributed by atoms with Gasteiger partial charge in [0.05, 0.1) is 22.1 Å². The maximum absolute atomic E-state index is 12.9. The summed E-state index contributed by atoms with van der Waals surface area (Å²) in [4.78, 5) is 10.2. The van der Waals surface area contributed by atoms with Gasteiger partial charge in [-0.15, -0.1) is 0 Å². The van der Waals surface area contributed by atoms with Gasteiger partial charge in [0, 0.05) is 19.2 Å². The monoisotopic (exact) mass is 350 g/mol. The molecule has 7 nitrogen and oxygen atoms in total. The fraction of sp³-hybridized carbons (Fsp3) is 0.250. The molecule has 0 radical (unpaired) electrons. The molecule has 8 heteroatoms. The molecule has 0 saturated heterocycles. The maximum atomic E-state index is 12.9. The number of benzene rings is 2. The molecule has 0 aliphatic carbocycles. The van der Waals surface area contributed by atoms with Gasteiger partial charge in [-0.05, 0) is 31.5 Å². The highest BCUT2D eigenvalue weighted by molar-refractivity contribution is 7.92. The Morgan fingerprint density at radius 1 is 1.21 bits per heavy atom. The molecule has 2 rings (SSSR count). The molecule has 24 heavy (non-hydrogen) atoms. The molecule has 0 saturated carbocycles. The van der Waals surface area contributed by atoms with Crippen molar-refractivity contribution in [2.45, 2.75) is 18.7 Å². The van der Waals surface area contributed by atoms with Crippen LogP contribution in [-0.2, 0) is 10.0 Å². The molecule has 0 spiro atoms. The Morgan fingerprint density at radius 3 is 2.50 bits per heavy atom. The number of nitro groups is 1. The number of aryl methyl sites for hydroxylation is 1. The Kier molecular flexibility index (Phi) is 5.08. The Hall–Kier alpha value is -2.61. The van der Waals surface area contributed by atoms with Gasteiger partial charge in [-0.25, -0.2) is 8.42 Å². The van der Waals surface area contributed by atoms with E-state index in [2.05, 4.69) is 0 Å². The molecule has 2 aromatic rings. The van der Waals surface area contributed by atoms with Crippen LogP contribution < -0.4 is 9.04 Å². The van der Waals surface area contributed by atoms with E-state index in [0.717, 1.165) is 10.4 Å². The van der Waals surface area contributed by atoms with Gasteiger partial charge in [-0.2, -0.15) is 0 Å². The first kappa shape index (κ1) is 17.7. The van der Waals surface area contributed by atoms with Gasteiger partial charge < -0.3 is 4.74 Å². The van der Waals surface area contributed by atoms with Gasteiger partial charge in [-0.3, -0.25) is 14.4 Å². The normalized spacial score (nSPS) is 11.1. The third-order valence-corrected chi connectivity index (χ3v) is 5.44. The average molecular weight is 350 g/mol. The summed E-state index contributed by atoms with van der Waals surface area (Å²) >= 11 is 0. The maximum Gasteiger partial charge on any atom is 0.270 e. The van der Waals surface area contributed by atoms with Crippen LogP contribution in [0.3, 0.4) is 0 Å². The van der Waals surface area contributed by atoms with E-state index >= 15 is 0 Å². The first-order chi connectivity index (χ1) is 11.3. The zero-order valence-corrected chi connectivity index (χ0v) is 14.4. The number of hydrogen-bond acceptors (Lipinski definition) is 5. The quantitative estimate of drug-likeness (QED) is 0.590. The fourth-order valence-corrected chi connectivity index (χ4v) is 3.70. The second-order valence-corrected chi connectivity index (χ2v) is 7.02. The summed E-state index contributed by atoms with van der Waals surface area (Å²) in [7, 11) is -2.58. The van der Waals surface area contributed by atoms with Crippen LogP contribution in [0.5, 0.6) is 5.75 Å². The number of nitro benzene ring substituents is 1. The zero-order chi connectivity index (χ0) is 17.9. The third-order valence-electron chi connectivity index (χ3n) is 3.53. The molecule has 0 amide bonds. The van der Waals surface area contributed by atoms with Gasteiger partial charge in [0.2, 0.25) is 0 Å². The second kappa shape index (κ2) is 6.88. The minimum absolute atomic E-state index is 0.106. The number of anilines is 1. The van der Waals surface area contributed by atoms with E-state index in [1.165, 1.54) is 19.2 Å². The molecule has 0 atom stereocenters. The highest BCUT2D eigenvalue weighted by Crippen LogP contribution is 2.33. The minimum Gasteiger partial charge on any atom is -0.492 e. The summed E-state index contributed by atoms with van der Waals surface area (Å²) in [5.41, 5.74) is 0.525. The number of rotatable bonds is 6. The van der Waals surface area contributed by atoms with E-state index in [1.54, 1.807) is 38.1 Å². The molecule has 0 aromatic heterocycles. The summed E-state index contributed by atoms with van der Waals surface area (Å²) in [6, 6.07) is 10.5. The molecule has 0 aliphatic heterocycles. The third kappa shape index (κ3) is 3.33. The number of ether oxygens (including phenoxy) is 1. The zero-order valence-electron chi connectivity index (χ0n) is 13.6. The van der Waals surface area contributed by atoms with Gasteiger partial charge in [0.25, 0.3) is 15.7 Å². The van der Waals surface area contributed by atoms with Crippen LogP contribution in [0.25, 0.3) is 0 Å². The van der Waals surface area contributed by atoms with Crippen molar-refractivity contribution in [1.29, 1.82) is 0 Å². The summed E-state index contributed by atoms with van der Waals surface area (Å²) in [5, 5.41) is 10.9. The number of sulfonamides is 1. The van der Waals surface area contributed by atoms with Crippen LogP contribution in [0.2, 0.25) is 0 Å². The highest BCUT2D eigenvalue weighted by atomic mass is 32.2. The Labute approximate surface area is 140 Å². The number of nitrogens with zero attached hydrogens (tertiary/aromatic N) is 2. The van der Waals surface area contributed by atoms with Crippen molar-refractivity contribution in [3.8, 4) is 5.75 Å². The van der Waals surface area contributed by atoms with Crippen LogP contribution in [0.4, 0.5) is 11.4 Å². The Balaban J connectivity index is 2.55. The molecule has 0 N–H and O–H groups in total. The van der Waals surface area contributed by atoms with E-state index in [-0.39, 0.29) is 10.6 Å². The lowest BCUT2D eigenvalue weighted by atomic mass is 10.2. The smallest absolute Gasteiger partial charge is 0.270 e. The predicted octanol–water partition coefficient (Wildman–Crippen LogP) is 3.13. The molecule has 2 aromatic carbocycles. The van der Waals surface area contributed by atoms with Gasteiger partial charge in [0.15, 0.2) is 0 Å². The van der Waals surface area contributed by atoms with Crippen molar-refractivity contribution >= 4 is 21.4 Å². The van der Waals surface area contributed by atoms with Crippen LogP contribution in [0, 0.1) is 17.0 Å². The van der Waals surface area contributed by atoms with Crippen molar-refractivity contribution in [3.05, 3.63) is 58.1 Å². The number of non-ortho nitro benzene ring substituents is 1. The molecule has 128 valence electrons. The van der Waals surface area contributed by atoms with Crippen molar-refractivity contribution in [3.63, 3.8) is 0 Å². The van der Waals surface area contributed by atoms with Crippen molar-refractivity contribution in [2.75, 3.05) is 18.0 Å². The van der Waals surface area contributed by atoms with Gasteiger partial charge in [0.1, 0.15) is 5.75 Å². The van der Waals surface area contributed by atoms with Crippen molar-refractivity contribution in [1.82, 2.24) is 0 Å². The van der Waals surface area contributed by atoms with Crippen molar-refractivity contribution in [2.24, 2.45) is 0 Å². The fourth-order valence-electron chi connectivity index (χ4n) is 2.25. The molecule has 0 aliphatic rings. The lowest BCUT2D eigenvalue weighted by molar-refractivity contribution is -0.385. The lowest BCUT2D eigenvalue weighted by Gasteiger charge is -2.22. The van der Waals surface area contributed by atoms with E-state index in [4.69, 9.17) is 4.74 Å². The largest absolute Gasteiger partial charge is 0.492 e. The molecule has 0 unspecified atom stereocenters. The highest BCUT2D eigenvalue weighted by Gasteiger charge is 2.27. The lowest BCUT2D eigenvalue weighted by Crippen LogP contribution is -2.27.